The van der Waals surface area contributed by atoms with Gasteiger partial charge in [-0.3, -0.25) is 9.59 Å². The van der Waals surface area contributed by atoms with Gasteiger partial charge in [-0.25, -0.2) is 8.42 Å². The number of hydrogen-bond acceptors (Lipinski definition) is 4. The third kappa shape index (κ3) is 3.55. The molecule has 20 heavy (non-hydrogen) atoms. The first-order chi connectivity index (χ1) is 9.32. The van der Waals surface area contributed by atoms with Crippen LogP contribution in [0.5, 0.6) is 0 Å². The minimum atomic E-state index is -3.78. The van der Waals surface area contributed by atoms with Gasteiger partial charge in [-0.2, -0.15) is 4.31 Å². The quantitative estimate of drug-likeness (QED) is 0.740. The largest absolute Gasteiger partial charge is 0.366 e. The summed E-state index contributed by atoms with van der Waals surface area (Å²) in [4.78, 5) is 22.3. The van der Waals surface area contributed by atoms with Crippen LogP contribution >= 0.6 is 0 Å². The lowest BCUT2D eigenvalue weighted by molar-refractivity contribution is -0.120. The molecular weight excluding hydrogens is 282 g/mol. The summed E-state index contributed by atoms with van der Waals surface area (Å²) in [6.45, 7) is 1.54. The zero-order chi connectivity index (χ0) is 15.3. The summed E-state index contributed by atoms with van der Waals surface area (Å²) in [6, 6.07) is 5.26. The van der Waals surface area contributed by atoms with Gasteiger partial charge >= 0.3 is 0 Å². The molecule has 0 saturated carbocycles. The average Bonchev–Trinajstić information content (AvgIpc) is 2.44. The second-order valence-corrected chi connectivity index (χ2v) is 5.93. The normalized spacial score (nSPS) is 11.3. The molecule has 0 heterocycles. The van der Waals surface area contributed by atoms with E-state index in [1.807, 2.05) is 0 Å². The molecule has 3 N–H and O–H groups in total. The summed E-state index contributed by atoms with van der Waals surface area (Å²) in [5, 5.41) is 2.37. The molecule has 7 nitrogen and oxygen atoms in total. The Morgan fingerprint density at radius 2 is 1.80 bits per heavy atom. The maximum absolute atomic E-state index is 12.3. The Balaban J connectivity index is 3.07. The van der Waals surface area contributed by atoms with Crippen molar-refractivity contribution in [3.05, 3.63) is 29.8 Å². The fourth-order valence-corrected chi connectivity index (χ4v) is 2.95. The lowest BCUT2D eigenvalue weighted by atomic mass is 10.2. The van der Waals surface area contributed by atoms with Crippen LogP contribution in [-0.2, 0) is 14.8 Å². The molecule has 0 fully saturated rings. The second kappa shape index (κ2) is 6.49. The van der Waals surface area contributed by atoms with Crippen LogP contribution in [0.2, 0.25) is 0 Å². The Kier molecular flexibility index (Phi) is 5.23. The van der Waals surface area contributed by atoms with Gasteiger partial charge in [-0.05, 0) is 24.3 Å². The van der Waals surface area contributed by atoms with Crippen LogP contribution in [-0.4, -0.2) is 44.7 Å². The highest BCUT2D eigenvalue weighted by Crippen LogP contribution is 2.16. The van der Waals surface area contributed by atoms with Gasteiger partial charge in [-0.1, -0.05) is 6.92 Å². The van der Waals surface area contributed by atoms with Gasteiger partial charge in [-0.15, -0.1) is 0 Å². The van der Waals surface area contributed by atoms with Crippen LogP contribution in [0.15, 0.2) is 29.2 Å². The van der Waals surface area contributed by atoms with Crippen molar-refractivity contribution in [2.75, 3.05) is 20.1 Å². The van der Waals surface area contributed by atoms with Gasteiger partial charge in [0, 0.05) is 19.2 Å². The number of sulfonamides is 1. The predicted octanol–water partition coefficient (Wildman–Crippen LogP) is -0.458. The highest BCUT2D eigenvalue weighted by Gasteiger charge is 2.24. The van der Waals surface area contributed by atoms with Crippen molar-refractivity contribution in [2.45, 2.75) is 11.8 Å². The maximum atomic E-state index is 12.3. The van der Waals surface area contributed by atoms with Crippen molar-refractivity contribution in [1.29, 1.82) is 0 Å². The molecule has 2 amide bonds. The van der Waals surface area contributed by atoms with E-state index >= 15 is 0 Å². The summed E-state index contributed by atoms with van der Waals surface area (Å²) < 4.78 is 25.7. The number of amides is 2. The average molecular weight is 299 g/mol. The number of likely N-dealkylation sites (N-methyl/N-ethyl adjacent to an activating group) is 2. The number of carbonyl (C=O) groups is 2. The molecule has 0 aromatic heterocycles. The van der Waals surface area contributed by atoms with Crippen molar-refractivity contribution < 1.29 is 18.0 Å². The number of primary amides is 1. The molecule has 0 radical (unpaired) electrons. The van der Waals surface area contributed by atoms with Crippen LogP contribution in [0.4, 0.5) is 0 Å². The van der Waals surface area contributed by atoms with Crippen molar-refractivity contribution in [3.63, 3.8) is 0 Å². The first kappa shape index (κ1) is 16.1. The third-order valence-corrected chi connectivity index (χ3v) is 4.66. The number of benzene rings is 1. The minimum Gasteiger partial charge on any atom is -0.366 e. The lowest BCUT2D eigenvalue weighted by Gasteiger charge is -2.19. The number of nitrogens with zero attached hydrogens (tertiary/aromatic N) is 1. The smallest absolute Gasteiger partial charge is 0.248 e. The topological polar surface area (TPSA) is 110 Å². The highest BCUT2D eigenvalue weighted by molar-refractivity contribution is 7.89. The summed E-state index contributed by atoms with van der Waals surface area (Å²) in [5.41, 5.74) is 5.31. The van der Waals surface area contributed by atoms with Crippen molar-refractivity contribution in [3.8, 4) is 0 Å². The molecule has 8 heteroatoms. The first-order valence-electron chi connectivity index (χ1n) is 5.93. The van der Waals surface area contributed by atoms with E-state index in [4.69, 9.17) is 5.73 Å². The first-order valence-corrected chi connectivity index (χ1v) is 7.37. The van der Waals surface area contributed by atoms with Crippen molar-refractivity contribution >= 4 is 21.8 Å². The standard InChI is InChI=1S/C12H17N3O4S/c1-3-15(8-11(16)14-2)20(18,19)10-6-4-9(5-7-10)12(13)17/h4-7H,3,8H2,1-2H3,(H2,13,17)(H,14,16). The van der Waals surface area contributed by atoms with E-state index in [0.717, 1.165) is 4.31 Å². The molecule has 110 valence electrons. The highest BCUT2D eigenvalue weighted by atomic mass is 32.2. The van der Waals surface area contributed by atoms with E-state index < -0.39 is 21.8 Å². The molecule has 0 saturated heterocycles. The SMILES string of the molecule is CCN(CC(=O)NC)S(=O)(=O)c1ccc(C(N)=O)cc1. The Morgan fingerprint density at radius 1 is 1.25 bits per heavy atom. The molecular formula is C12H17N3O4S. The number of carbonyl (C=O) groups excluding carboxylic acids is 2. The van der Waals surface area contributed by atoms with Crippen LogP contribution < -0.4 is 11.1 Å². The van der Waals surface area contributed by atoms with Crippen molar-refractivity contribution in [1.82, 2.24) is 9.62 Å². The molecule has 0 unspecified atom stereocenters. The number of rotatable bonds is 6. The van der Waals surface area contributed by atoms with Crippen LogP contribution in [0.1, 0.15) is 17.3 Å². The Labute approximate surface area is 117 Å². The number of hydrogen-bond donors (Lipinski definition) is 2. The summed E-state index contributed by atoms with van der Waals surface area (Å²) >= 11 is 0. The molecule has 1 rings (SSSR count). The van der Waals surface area contributed by atoms with E-state index in [0.29, 0.717) is 0 Å². The van der Waals surface area contributed by atoms with E-state index in [1.165, 1.54) is 31.3 Å². The molecule has 1 aromatic rings. The second-order valence-electron chi connectivity index (χ2n) is 3.99. The van der Waals surface area contributed by atoms with Crippen molar-refractivity contribution in [2.24, 2.45) is 5.73 Å². The monoisotopic (exact) mass is 299 g/mol. The third-order valence-electron chi connectivity index (χ3n) is 2.73. The van der Waals surface area contributed by atoms with Crippen LogP contribution in [0.25, 0.3) is 0 Å². The van der Waals surface area contributed by atoms with Crippen LogP contribution in [0.3, 0.4) is 0 Å². The Morgan fingerprint density at radius 3 is 2.20 bits per heavy atom. The van der Waals surface area contributed by atoms with Gasteiger partial charge in [0.1, 0.15) is 0 Å². The lowest BCUT2D eigenvalue weighted by Crippen LogP contribution is -2.39. The maximum Gasteiger partial charge on any atom is 0.248 e. The summed E-state index contributed by atoms with van der Waals surface area (Å²) in [6.07, 6.45) is 0. The number of nitrogens with one attached hydrogen (secondary N) is 1. The summed E-state index contributed by atoms with van der Waals surface area (Å²) in [5.74, 6) is -1.03. The van der Waals surface area contributed by atoms with Gasteiger partial charge < -0.3 is 11.1 Å². The number of nitrogens with two attached hydrogens (primary N) is 1. The zero-order valence-electron chi connectivity index (χ0n) is 11.3. The Bertz CT molecular complexity index is 596. The molecule has 0 aliphatic rings. The van der Waals surface area contributed by atoms with E-state index in [1.54, 1.807) is 6.92 Å². The molecule has 0 aliphatic carbocycles. The predicted molar refractivity (Wildman–Crippen MR) is 73.5 cm³/mol. The Hall–Kier alpha value is -1.93. The molecule has 0 bridgehead atoms. The summed E-state index contributed by atoms with van der Waals surface area (Å²) in [7, 11) is -2.34. The van der Waals surface area contributed by atoms with Gasteiger partial charge in [0.25, 0.3) is 0 Å². The molecule has 0 atom stereocenters. The van der Waals surface area contributed by atoms with Gasteiger partial charge in [0.05, 0.1) is 11.4 Å². The molecule has 1 aromatic carbocycles. The molecule has 0 spiro atoms. The van der Waals surface area contributed by atoms with Crippen LogP contribution in [0, 0.1) is 0 Å². The van der Waals surface area contributed by atoms with E-state index in [-0.39, 0.29) is 23.5 Å². The zero-order valence-corrected chi connectivity index (χ0v) is 12.1. The van der Waals surface area contributed by atoms with Gasteiger partial charge in [0.15, 0.2) is 0 Å². The fraction of sp³-hybridized carbons (Fsp3) is 0.333. The van der Waals surface area contributed by atoms with E-state index in [9.17, 15) is 18.0 Å². The van der Waals surface area contributed by atoms with E-state index in [2.05, 4.69) is 5.32 Å². The minimum absolute atomic E-state index is 0.00764. The fourth-order valence-electron chi connectivity index (χ4n) is 1.55. The molecule has 0 aliphatic heterocycles. The van der Waals surface area contributed by atoms with Gasteiger partial charge in [0.2, 0.25) is 21.8 Å².